The van der Waals surface area contributed by atoms with E-state index in [9.17, 15) is 23.1 Å². The average Bonchev–Trinajstić information content (AvgIpc) is 3.03. The van der Waals surface area contributed by atoms with Gasteiger partial charge in [-0.25, -0.2) is 0 Å². The Morgan fingerprint density at radius 1 is 1.04 bits per heavy atom. The molecule has 0 bridgehead atoms. The van der Waals surface area contributed by atoms with Gasteiger partial charge in [-0.15, -0.1) is 0 Å². The zero-order valence-electron chi connectivity index (χ0n) is 12.0. The standard InChI is InChI=1S/C16H10F3N3O2/c17-16(18,19)10-5-3-4-9(8-10)13-14(21-22-20-13)15(24)11-6-1-2-7-12(11)23/h1-8,23H,(H,20,21,22). The molecule has 0 aliphatic rings. The minimum absolute atomic E-state index is 0.0142. The summed E-state index contributed by atoms with van der Waals surface area (Å²) in [5.74, 6) is -0.894. The molecule has 2 N–H and O–H groups in total. The summed E-state index contributed by atoms with van der Waals surface area (Å²) >= 11 is 0. The number of nitrogens with zero attached hydrogens (tertiary/aromatic N) is 2. The number of aromatic amines is 1. The molecular weight excluding hydrogens is 323 g/mol. The maximum Gasteiger partial charge on any atom is 0.416 e. The number of carbonyl (C=O) groups is 1. The van der Waals surface area contributed by atoms with Crippen LogP contribution in [0.15, 0.2) is 48.5 Å². The van der Waals surface area contributed by atoms with E-state index in [4.69, 9.17) is 0 Å². The molecule has 0 amide bonds. The van der Waals surface area contributed by atoms with Crippen molar-refractivity contribution in [1.29, 1.82) is 0 Å². The molecule has 24 heavy (non-hydrogen) atoms. The molecule has 1 aromatic heterocycles. The number of alkyl halides is 3. The number of halogens is 3. The number of phenolic OH excluding ortho intramolecular Hbond substituents is 1. The van der Waals surface area contributed by atoms with Gasteiger partial charge in [0.05, 0.1) is 11.1 Å². The molecular formula is C16H10F3N3O2. The molecule has 0 spiro atoms. The highest BCUT2D eigenvalue weighted by atomic mass is 19.4. The van der Waals surface area contributed by atoms with Crippen LogP contribution in [-0.4, -0.2) is 26.3 Å². The van der Waals surface area contributed by atoms with Crippen molar-refractivity contribution in [3.8, 4) is 17.0 Å². The van der Waals surface area contributed by atoms with Crippen LogP contribution in [0.1, 0.15) is 21.6 Å². The van der Waals surface area contributed by atoms with E-state index in [1.807, 2.05) is 0 Å². The molecule has 8 heteroatoms. The van der Waals surface area contributed by atoms with Crippen LogP contribution in [0.2, 0.25) is 0 Å². The second-order valence-electron chi connectivity index (χ2n) is 4.95. The lowest BCUT2D eigenvalue weighted by Crippen LogP contribution is -2.06. The summed E-state index contributed by atoms with van der Waals surface area (Å²) in [5.41, 5.74) is -0.967. The van der Waals surface area contributed by atoms with Gasteiger partial charge < -0.3 is 5.11 Å². The van der Waals surface area contributed by atoms with Crippen molar-refractivity contribution in [1.82, 2.24) is 15.4 Å². The van der Waals surface area contributed by atoms with Crippen molar-refractivity contribution in [3.05, 3.63) is 65.4 Å². The Morgan fingerprint density at radius 2 is 1.79 bits per heavy atom. The first-order chi connectivity index (χ1) is 11.4. The Bertz CT molecular complexity index is 903. The third-order valence-corrected chi connectivity index (χ3v) is 3.37. The second-order valence-corrected chi connectivity index (χ2v) is 4.95. The number of carbonyl (C=O) groups excluding carboxylic acids is 1. The molecule has 0 unspecified atom stereocenters. The molecule has 0 radical (unpaired) electrons. The molecule has 0 fully saturated rings. The molecule has 5 nitrogen and oxygen atoms in total. The van der Waals surface area contributed by atoms with Crippen LogP contribution in [-0.2, 0) is 6.18 Å². The van der Waals surface area contributed by atoms with Crippen LogP contribution in [0.4, 0.5) is 13.2 Å². The summed E-state index contributed by atoms with van der Waals surface area (Å²) in [5, 5.41) is 19.5. The summed E-state index contributed by atoms with van der Waals surface area (Å²) < 4.78 is 38.5. The summed E-state index contributed by atoms with van der Waals surface area (Å²) in [6.45, 7) is 0. The van der Waals surface area contributed by atoms with Crippen LogP contribution >= 0.6 is 0 Å². The maximum absolute atomic E-state index is 12.8. The highest BCUT2D eigenvalue weighted by molar-refractivity contribution is 6.12. The number of phenols is 1. The number of benzene rings is 2. The van der Waals surface area contributed by atoms with Crippen molar-refractivity contribution in [2.75, 3.05) is 0 Å². The molecule has 0 aliphatic heterocycles. The first-order valence-electron chi connectivity index (χ1n) is 6.79. The number of para-hydroxylation sites is 1. The molecule has 1 heterocycles. The molecule has 0 saturated heterocycles. The average molecular weight is 333 g/mol. The predicted octanol–water partition coefficient (Wildman–Crippen LogP) is 3.43. The predicted molar refractivity (Wildman–Crippen MR) is 78.4 cm³/mol. The Kier molecular flexibility index (Phi) is 3.80. The van der Waals surface area contributed by atoms with E-state index in [1.165, 1.54) is 24.3 Å². The Labute approximate surface area is 133 Å². The number of hydrogen-bond donors (Lipinski definition) is 2. The lowest BCUT2D eigenvalue weighted by Gasteiger charge is -2.08. The van der Waals surface area contributed by atoms with Crippen molar-refractivity contribution in [2.45, 2.75) is 6.18 Å². The van der Waals surface area contributed by atoms with Crippen molar-refractivity contribution < 1.29 is 23.1 Å². The Balaban J connectivity index is 2.06. The number of ketones is 1. The van der Waals surface area contributed by atoms with Crippen LogP contribution in [0, 0.1) is 0 Å². The van der Waals surface area contributed by atoms with Gasteiger partial charge in [0, 0.05) is 5.56 Å². The van der Waals surface area contributed by atoms with Gasteiger partial charge in [-0.05, 0) is 24.3 Å². The number of aromatic hydroxyl groups is 1. The normalized spacial score (nSPS) is 11.5. The number of rotatable bonds is 3. The van der Waals surface area contributed by atoms with Gasteiger partial charge >= 0.3 is 6.18 Å². The topological polar surface area (TPSA) is 78.9 Å². The van der Waals surface area contributed by atoms with Gasteiger partial charge in [0.25, 0.3) is 0 Å². The number of hydrogen-bond acceptors (Lipinski definition) is 4. The fourth-order valence-corrected chi connectivity index (χ4v) is 2.23. The van der Waals surface area contributed by atoms with Crippen molar-refractivity contribution >= 4 is 5.78 Å². The van der Waals surface area contributed by atoms with E-state index in [1.54, 1.807) is 12.1 Å². The molecule has 0 atom stereocenters. The number of aromatic nitrogens is 3. The van der Waals surface area contributed by atoms with Gasteiger partial charge in [-0.3, -0.25) is 4.79 Å². The summed E-state index contributed by atoms with van der Waals surface area (Å²) in [7, 11) is 0. The Morgan fingerprint density at radius 3 is 2.50 bits per heavy atom. The van der Waals surface area contributed by atoms with E-state index in [0.717, 1.165) is 12.1 Å². The van der Waals surface area contributed by atoms with Crippen LogP contribution in [0.25, 0.3) is 11.3 Å². The first kappa shape index (κ1) is 15.7. The fraction of sp³-hybridized carbons (Fsp3) is 0.0625. The number of H-pyrrole nitrogens is 1. The summed E-state index contributed by atoms with van der Waals surface area (Å²) in [6.07, 6.45) is -4.51. The Hall–Kier alpha value is -3.16. The molecule has 122 valence electrons. The second kappa shape index (κ2) is 5.80. The van der Waals surface area contributed by atoms with E-state index >= 15 is 0 Å². The fourth-order valence-electron chi connectivity index (χ4n) is 2.23. The molecule has 3 aromatic rings. The monoisotopic (exact) mass is 333 g/mol. The van der Waals surface area contributed by atoms with Crippen LogP contribution < -0.4 is 0 Å². The van der Waals surface area contributed by atoms with Gasteiger partial charge in [-0.2, -0.15) is 28.6 Å². The van der Waals surface area contributed by atoms with Gasteiger partial charge in [0.2, 0.25) is 5.78 Å². The zero-order chi connectivity index (χ0) is 17.3. The number of nitrogens with one attached hydrogen (secondary N) is 1. The highest BCUT2D eigenvalue weighted by Gasteiger charge is 2.31. The first-order valence-corrected chi connectivity index (χ1v) is 6.79. The van der Waals surface area contributed by atoms with Gasteiger partial charge in [0.1, 0.15) is 11.4 Å². The van der Waals surface area contributed by atoms with E-state index < -0.39 is 17.5 Å². The summed E-state index contributed by atoms with van der Waals surface area (Å²) in [6, 6.07) is 10.3. The molecule has 0 saturated carbocycles. The largest absolute Gasteiger partial charge is 0.507 e. The SMILES string of the molecule is O=C(c1ccccc1O)c1n[nH]nc1-c1cccc(C(F)(F)F)c1. The van der Waals surface area contributed by atoms with Crippen molar-refractivity contribution in [3.63, 3.8) is 0 Å². The van der Waals surface area contributed by atoms with Crippen molar-refractivity contribution in [2.24, 2.45) is 0 Å². The minimum atomic E-state index is -4.51. The quantitative estimate of drug-likeness (QED) is 0.720. The van der Waals surface area contributed by atoms with E-state index in [0.29, 0.717) is 0 Å². The third-order valence-electron chi connectivity index (χ3n) is 3.37. The molecule has 0 aliphatic carbocycles. The highest BCUT2D eigenvalue weighted by Crippen LogP contribution is 2.32. The van der Waals surface area contributed by atoms with Crippen LogP contribution in [0.5, 0.6) is 5.75 Å². The third kappa shape index (κ3) is 2.85. The zero-order valence-corrected chi connectivity index (χ0v) is 12.0. The van der Waals surface area contributed by atoms with Gasteiger partial charge in [0.15, 0.2) is 5.69 Å². The minimum Gasteiger partial charge on any atom is -0.507 e. The van der Waals surface area contributed by atoms with E-state index in [-0.39, 0.29) is 28.3 Å². The van der Waals surface area contributed by atoms with E-state index in [2.05, 4.69) is 15.4 Å². The smallest absolute Gasteiger partial charge is 0.416 e. The molecule has 3 rings (SSSR count). The van der Waals surface area contributed by atoms with Crippen LogP contribution in [0.3, 0.4) is 0 Å². The molecule has 2 aromatic carbocycles. The lowest BCUT2D eigenvalue weighted by molar-refractivity contribution is -0.137. The lowest BCUT2D eigenvalue weighted by atomic mass is 10.0. The maximum atomic E-state index is 12.8. The summed E-state index contributed by atoms with van der Waals surface area (Å²) in [4.78, 5) is 12.5. The van der Waals surface area contributed by atoms with Gasteiger partial charge in [-0.1, -0.05) is 24.3 Å².